The Hall–Kier alpha value is -1.17. The van der Waals surface area contributed by atoms with E-state index in [1.165, 1.54) is 38.9 Å². The van der Waals surface area contributed by atoms with Gasteiger partial charge in [0.2, 0.25) is 0 Å². The topological polar surface area (TPSA) is 57.4 Å². The molecule has 2 saturated heterocycles. The largest absolute Gasteiger partial charge is 0.308 e. The Labute approximate surface area is 121 Å². The Balaban J connectivity index is 1.61. The first-order valence-electron chi connectivity index (χ1n) is 7.61. The lowest BCUT2D eigenvalue weighted by Gasteiger charge is -2.46. The van der Waals surface area contributed by atoms with E-state index in [2.05, 4.69) is 33.3 Å². The van der Waals surface area contributed by atoms with E-state index in [0.29, 0.717) is 0 Å². The smallest absolute Gasteiger partial charge is 0.140 e. The van der Waals surface area contributed by atoms with E-state index in [-0.39, 0.29) is 0 Å². The van der Waals surface area contributed by atoms with Gasteiger partial charge in [0.05, 0.1) is 5.69 Å². The van der Waals surface area contributed by atoms with Crippen molar-refractivity contribution in [1.29, 1.82) is 0 Å². The first kappa shape index (κ1) is 13.8. The number of anilines is 1. The molecule has 0 aromatic carbocycles. The number of nitrogens with one attached hydrogen (secondary N) is 1. The minimum atomic E-state index is 0.745. The van der Waals surface area contributed by atoms with Crippen molar-refractivity contribution in [2.75, 3.05) is 32.1 Å². The molecule has 0 aliphatic carbocycles. The van der Waals surface area contributed by atoms with Crippen molar-refractivity contribution in [2.24, 2.45) is 11.8 Å². The average molecular weight is 275 g/mol. The molecule has 1 aromatic rings. The molecule has 110 valence electrons. The summed E-state index contributed by atoms with van der Waals surface area (Å²) in [6, 6.07) is 6.79. The Kier molecular flexibility index (Phi) is 4.19. The summed E-state index contributed by atoms with van der Waals surface area (Å²) in [4.78, 5) is 9.62. The molecular formula is C15H25N5. The van der Waals surface area contributed by atoms with Crippen LogP contribution >= 0.6 is 0 Å². The molecule has 0 spiro atoms. The van der Waals surface area contributed by atoms with E-state index in [4.69, 9.17) is 5.84 Å². The minimum Gasteiger partial charge on any atom is -0.308 e. The van der Waals surface area contributed by atoms with Crippen LogP contribution in [0.5, 0.6) is 0 Å². The van der Waals surface area contributed by atoms with Gasteiger partial charge in [-0.2, -0.15) is 0 Å². The second kappa shape index (κ2) is 6.08. The van der Waals surface area contributed by atoms with Gasteiger partial charge in [-0.15, -0.1) is 0 Å². The van der Waals surface area contributed by atoms with E-state index >= 15 is 0 Å². The maximum Gasteiger partial charge on any atom is 0.140 e. The van der Waals surface area contributed by atoms with Gasteiger partial charge in [-0.3, -0.25) is 4.90 Å². The van der Waals surface area contributed by atoms with E-state index < -0.39 is 0 Å². The average Bonchev–Trinajstić information content (AvgIpc) is 2.47. The van der Waals surface area contributed by atoms with Gasteiger partial charge >= 0.3 is 0 Å². The molecule has 5 heteroatoms. The van der Waals surface area contributed by atoms with E-state index in [9.17, 15) is 0 Å². The molecule has 3 rings (SSSR count). The lowest BCUT2D eigenvalue weighted by atomic mass is 9.84. The molecule has 0 bridgehead atoms. The molecule has 2 fully saturated rings. The Morgan fingerprint density at radius 3 is 3.10 bits per heavy atom. The van der Waals surface area contributed by atoms with Crippen molar-refractivity contribution < 1.29 is 0 Å². The predicted molar refractivity (Wildman–Crippen MR) is 81.1 cm³/mol. The van der Waals surface area contributed by atoms with Crippen molar-refractivity contribution in [2.45, 2.75) is 31.8 Å². The SMILES string of the molecule is CN1CCCC2CN(Cc3cccc(NN)n3)CCC21. The third-order valence-electron chi connectivity index (χ3n) is 4.77. The standard InChI is InChI=1S/C15H25N5/c1-19-8-3-4-12-10-20(9-7-14(12)19)11-13-5-2-6-15(17-13)18-16/h2,5-6,12,14H,3-4,7-11,16H2,1H3,(H,17,18). The molecule has 2 unspecified atom stereocenters. The van der Waals surface area contributed by atoms with Crippen LogP contribution < -0.4 is 11.3 Å². The first-order valence-corrected chi connectivity index (χ1v) is 7.61. The molecule has 0 amide bonds. The van der Waals surface area contributed by atoms with Crippen LogP contribution in [0.3, 0.4) is 0 Å². The number of hydrazine groups is 1. The van der Waals surface area contributed by atoms with Crippen molar-refractivity contribution in [3.05, 3.63) is 23.9 Å². The second-order valence-electron chi connectivity index (χ2n) is 6.13. The molecule has 5 nitrogen and oxygen atoms in total. The zero-order valence-corrected chi connectivity index (χ0v) is 12.3. The molecule has 0 saturated carbocycles. The second-order valence-corrected chi connectivity index (χ2v) is 6.13. The number of likely N-dealkylation sites (tertiary alicyclic amines) is 2. The molecule has 1 aromatic heterocycles. The summed E-state index contributed by atoms with van der Waals surface area (Å²) in [7, 11) is 2.28. The van der Waals surface area contributed by atoms with Crippen LogP contribution in [-0.4, -0.2) is 47.5 Å². The number of hydrogen-bond donors (Lipinski definition) is 2. The van der Waals surface area contributed by atoms with Gasteiger partial charge in [0.15, 0.2) is 0 Å². The van der Waals surface area contributed by atoms with Crippen molar-refractivity contribution >= 4 is 5.82 Å². The van der Waals surface area contributed by atoms with Gasteiger partial charge in [0.1, 0.15) is 5.82 Å². The number of aromatic nitrogens is 1. The quantitative estimate of drug-likeness (QED) is 0.643. The lowest BCUT2D eigenvalue weighted by Crippen LogP contribution is -2.52. The first-order chi connectivity index (χ1) is 9.76. The summed E-state index contributed by atoms with van der Waals surface area (Å²) >= 11 is 0. The zero-order chi connectivity index (χ0) is 13.9. The molecule has 3 heterocycles. The molecular weight excluding hydrogens is 250 g/mol. The Bertz CT molecular complexity index is 450. The molecule has 0 radical (unpaired) electrons. The summed E-state index contributed by atoms with van der Waals surface area (Å²) < 4.78 is 0. The Morgan fingerprint density at radius 1 is 1.35 bits per heavy atom. The fourth-order valence-electron chi connectivity index (χ4n) is 3.75. The Morgan fingerprint density at radius 2 is 2.25 bits per heavy atom. The van der Waals surface area contributed by atoms with Gasteiger partial charge in [0, 0.05) is 25.7 Å². The fraction of sp³-hybridized carbons (Fsp3) is 0.667. The minimum absolute atomic E-state index is 0.745. The van der Waals surface area contributed by atoms with Crippen LogP contribution in [0.4, 0.5) is 5.82 Å². The highest BCUT2D eigenvalue weighted by Gasteiger charge is 2.34. The number of hydrogen-bond acceptors (Lipinski definition) is 5. The van der Waals surface area contributed by atoms with Gasteiger partial charge in [0.25, 0.3) is 0 Å². The number of piperidine rings is 2. The van der Waals surface area contributed by atoms with Crippen LogP contribution in [0.15, 0.2) is 18.2 Å². The van der Waals surface area contributed by atoms with Gasteiger partial charge in [-0.05, 0) is 50.9 Å². The summed E-state index contributed by atoms with van der Waals surface area (Å²) in [6.07, 6.45) is 4.01. The van der Waals surface area contributed by atoms with E-state index in [0.717, 1.165) is 30.0 Å². The highest BCUT2D eigenvalue weighted by Crippen LogP contribution is 2.30. The molecule has 2 aliphatic rings. The normalized spacial score (nSPS) is 28.1. The highest BCUT2D eigenvalue weighted by molar-refractivity contribution is 5.33. The fourth-order valence-corrected chi connectivity index (χ4v) is 3.75. The summed E-state index contributed by atoms with van der Waals surface area (Å²) in [6.45, 7) is 4.58. The van der Waals surface area contributed by atoms with Crippen LogP contribution in [0.25, 0.3) is 0 Å². The van der Waals surface area contributed by atoms with Crippen LogP contribution in [-0.2, 0) is 6.54 Å². The monoisotopic (exact) mass is 275 g/mol. The number of rotatable bonds is 3. The van der Waals surface area contributed by atoms with Gasteiger partial charge in [-0.1, -0.05) is 6.07 Å². The third kappa shape index (κ3) is 2.95. The zero-order valence-electron chi connectivity index (χ0n) is 12.3. The van der Waals surface area contributed by atoms with Crippen molar-refractivity contribution in [3.8, 4) is 0 Å². The van der Waals surface area contributed by atoms with Crippen molar-refractivity contribution in [1.82, 2.24) is 14.8 Å². The maximum atomic E-state index is 5.42. The number of fused-ring (bicyclic) bond motifs is 1. The van der Waals surface area contributed by atoms with Crippen LogP contribution in [0, 0.1) is 5.92 Å². The summed E-state index contributed by atoms with van der Waals surface area (Å²) in [5.74, 6) is 7.00. The van der Waals surface area contributed by atoms with Gasteiger partial charge < -0.3 is 10.3 Å². The van der Waals surface area contributed by atoms with Crippen molar-refractivity contribution in [3.63, 3.8) is 0 Å². The molecule has 3 N–H and O–H groups in total. The van der Waals surface area contributed by atoms with E-state index in [1.807, 2.05) is 12.1 Å². The van der Waals surface area contributed by atoms with Crippen LogP contribution in [0.2, 0.25) is 0 Å². The lowest BCUT2D eigenvalue weighted by molar-refractivity contribution is 0.0350. The number of nitrogens with zero attached hydrogens (tertiary/aromatic N) is 3. The summed E-state index contributed by atoms with van der Waals surface area (Å²) in [5, 5.41) is 0. The third-order valence-corrected chi connectivity index (χ3v) is 4.77. The van der Waals surface area contributed by atoms with Crippen LogP contribution in [0.1, 0.15) is 25.0 Å². The molecule has 2 aliphatic heterocycles. The summed E-state index contributed by atoms with van der Waals surface area (Å²) in [5.41, 5.74) is 3.72. The van der Waals surface area contributed by atoms with E-state index in [1.54, 1.807) is 0 Å². The maximum absolute atomic E-state index is 5.42. The number of pyridine rings is 1. The molecule has 2 atom stereocenters. The van der Waals surface area contributed by atoms with Gasteiger partial charge in [-0.25, -0.2) is 10.8 Å². The number of nitrogens with two attached hydrogens (primary N) is 1. The predicted octanol–water partition coefficient (Wildman–Crippen LogP) is 1.28. The number of nitrogen functional groups attached to an aromatic ring is 1. The molecule has 20 heavy (non-hydrogen) atoms. The highest BCUT2D eigenvalue weighted by atomic mass is 15.3.